The molecule has 144 valence electrons. The maximum Gasteiger partial charge on any atom is 0.257 e. The van der Waals surface area contributed by atoms with Crippen molar-refractivity contribution in [2.75, 3.05) is 12.3 Å². The number of hydrogen-bond acceptors (Lipinski definition) is 7. The first kappa shape index (κ1) is 18.7. The van der Waals surface area contributed by atoms with Gasteiger partial charge in [-0.25, -0.2) is 14.6 Å². The Bertz CT molecular complexity index is 1080. The van der Waals surface area contributed by atoms with E-state index in [1.54, 1.807) is 11.3 Å². The van der Waals surface area contributed by atoms with E-state index >= 15 is 0 Å². The molecule has 0 atom stereocenters. The number of aryl methyl sites for hydroxylation is 2. The van der Waals surface area contributed by atoms with Crippen LogP contribution in [0.15, 0.2) is 45.4 Å². The van der Waals surface area contributed by atoms with E-state index < -0.39 is 0 Å². The fourth-order valence-electron chi connectivity index (χ4n) is 2.75. The molecule has 1 amide bonds. The van der Waals surface area contributed by atoms with Gasteiger partial charge in [-0.05, 0) is 32.0 Å². The number of amides is 1. The molecule has 1 aromatic carbocycles. The number of carbonyl (C=O) groups is 1. The van der Waals surface area contributed by atoms with Gasteiger partial charge in [-0.15, -0.1) is 11.3 Å². The zero-order valence-corrected chi connectivity index (χ0v) is 17.1. The molecule has 0 radical (unpaired) electrons. The lowest BCUT2D eigenvalue weighted by Crippen LogP contribution is -2.27. The van der Waals surface area contributed by atoms with Gasteiger partial charge in [0.1, 0.15) is 5.52 Å². The molecule has 0 saturated carbocycles. The normalized spacial score (nSPS) is 11.2. The maximum absolute atomic E-state index is 12.1. The second-order valence-corrected chi connectivity index (χ2v) is 8.06. The number of fused-ring (bicyclic) bond motifs is 1. The van der Waals surface area contributed by atoms with Gasteiger partial charge in [-0.2, -0.15) is 5.10 Å². The van der Waals surface area contributed by atoms with Crippen molar-refractivity contribution in [2.24, 2.45) is 0 Å². The molecule has 28 heavy (non-hydrogen) atoms. The van der Waals surface area contributed by atoms with Crippen molar-refractivity contribution in [3.63, 3.8) is 0 Å². The van der Waals surface area contributed by atoms with Crippen LogP contribution >= 0.6 is 23.1 Å². The first-order valence-corrected chi connectivity index (χ1v) is 10.7. The van der Waals surface area contributed by atoms with Crippen molar-refractivity contribution in [3.05, 3.63) is 52.8 Å². The van der Waals surface area contributed by atoms with E-state index in [1.807, 2.05) is 54.2 Å². The molecule has 0 aliphatic carbocycles. The first-order valence-electron chi connectivity index (χ1n) is 8.81. The molecular weight excluding hydrogens is 394 g/mol. The van der Waals surface area contributed by atoms with Crippen molar-refractivity contribution < 1.29 is 9.21 Å². The Balaban J connectivity index is 1.25. The molecule has 9 heteroatoms. The average Bonchev–Trinajstić information content (AvgIpc) is 3.38. The Kier molecular flexibility index (Phi) is 5.45. The molecule has 1 N–H and O–H groups in total. The van der Waals surface area contributed by atoms with Crippen LogP contribution in [0.3, 0.4) is 0 Å². The van der Waals surface area contributed by atoms with E-state index in [4.69, 9.17) is 4.42 Å². The highest BCUT2D eigenvalue weighted by Gasteiger charge is 2.11. The Morgan fingerprint density at radius 1 is 1.29 bits per heavy atom. The minimum Gasteiger partial charge on any atom is -0.431 e. The lowest BCUT2D eigenvalue weighted by molar-refractivity contribution is -0.118. The van der Waals surface area contributed by atoms with E-state index in [1.165, 1.54) is 11.8 Å². The van der Waals surface area contributed by atoms with Crippen LogP contribution in [0.5, 0.6) is 0 Å². The van der Waals surface area contributed by atoms with Crippen LogP contribution in [0, 0.1) is 13.8 Å². The Hall–Kier alpha value is -2.65. The fourth-order valence-corrected chi connectivity index (χ4v) is 4.29. The highest BCUT2D eigenvalue weighted by molar-refractivity contribution is 7.99. The third-order valence-corrected chi connectivity index (χ3v) is 5.73. The fraction of sp³-hybridized carbons (Fsp3) is 0.263. The summed E-state index contributed by atoms with van der Waals surface area (Å²) in [5.74, 6) is 0.210. The van der Waals surface area contributed by atoms with E-state index in [-0.39, 0.29) is 11.7 Å². The number of oxazole rings is 1. The Labute approximate surface area is 170 Å². The van der Waals surface area contributed by atoms with E-state index in [0.29, 0.717) is 18.2 Å². The molecular formula is C19H19N5O2S2. The largest absolute Gasteiger partial charge is 0.431 e. The number of nitrogens with zero attached hydrogens (tertiary/aromatic N) is 4. The minimum atomic E-state index is -0.0544. The molecule has 0 aliphatic heterocycles. The number of rotatable bonds is 7. The summed E-state index contributed by atoms with van der Waals surface area (Å²) >= 11 is 2.84. The summed E-state index contributed by atoms with van der Waals surface area (Å²) in [4.78, 5) is 21.0. The number of thioether (sulfide) groups is 1. The van der Waals surface area contributed by atoms with Gasteiger partial charge in [-0.3, -0.25) is 4.79 Å². The molecule has 3 aromatic heterocycles. The third-order valence-electron chi connectivity index (χ3n) is 4.03. The summed E-state index contributed by atoms with van der Waals surface area (Å²) in [5, 5.41) is 10.7. The quantitative estimate of drug-likeness (QED) is 0.467. The summed E-state index contributed by atoms with van der Waals surface area (Å²) in [7, 11) is 0. The topological polar surface area (TPSA) is 85.8 Å². The number of para-hydroxylation sites is 2. The predicted octanol–water partition coefficient (Wildman–Crippen LogP) is 3.54. The van der Waals surface area contributed by atoms with Gasteiger partial charge >= 0.3 is 0 Å². The van der Waals surface area contributed by atoms with Crippen molar-refractivity contribution in [1.29, 1.82) is 0 Å². The molecule has 7 nitrogen and oxygen atoms in total. The predicted molar refractivity (Wildman–Crippen MR) is 110 cm³/mol. The standard InChI is InChI=1S/C19H19N5O2S2/c1-12-9-13(2)24(23-12)18-21-14(10-27-18)7-8-20-17(25)11-28-19-22-15-5-3-4-6-16(15)26-19/h3-6,9-10H,7-8,11H2,1-2H3,(H,20,25). The van der Waals surface area contributed by atoms with Crippen LogP contribution in [0.25, 0.3) is 16.2 Å². The lowest BCUT2D eigenvalue weighted by Gasteiger charge is -2.02. The number of nitrogens with one attached hydrogen (secondary N) is 1. The van der Waals surface area contributed by atoms with Crippen LogP contribution in [-0.2, 0) is 11.2 Å². The number of hydrogen-bond donors (Lipinski definition) is 1. The zero-order chi connectivity index (χ0) is 19.5. The SMILES string of the molecule is Cc1cc(C)n(-c2nc(CCNC(=O)CSc3nc4ccccc4o3)cs2)n1. The second kappa shape index (κ2) is 8.15. The highest BCUT2D eigenvalue weighted by atomic mass is 32.2. The van der Waals surface area contributed by atoms with Gasteiger partial charge in [-0.1, -0.05) is 23.9 Å². The van der Waals surface area contributed by atoms with Gasteiger partial charge in [0.2, 0.25) is 11.0 Å². The van der Waals surface area contributed by atoms with Gasteiger partial charge in [0.25, 0.3) is 5.22 Å². The van der Waals surface area contributed by atoms with E-state index in [2.05, 4.69) is 20.4 Å². The maximum atomic E-state index is 12.1. The smallest absolute Gasteiger partial charge is 0.257 e. The van der Waals surface area contributed by atoms with E-state index in [9.17, 15) is 4.79 Å². The summed E-state index contributed by atoms with van der Waals surface area (Å²) in [6, 6.07) is 9.58. The van der Waals surface area contributed by atoms with Crippen molar-refractivity contribution in [2.45, 2.75) is 25.5 Å². The summed E-state index contributed by atoms with van der Waals surface area (Å²) in [6.45, 7) is 4.51. The molecule has 0 saturated heterocycles. The summed E-state index contributed by atoms with van der Waals surface area (Å²) in [5.41, 5.74) is 4.50. The van der Waals surface area contributed by atoms with Gasteiger partial charge in [0.15, 0.2) is 5.58 Å². The second-order valence-electron chi connectivity index (χ2n) is 6.30. The molecule has 0 spiro atoms. The van der Waals surface area contributed by atoms with Crippen LogP contribution in [0.4, 0.5) is 0 Å². The third kappa shape index (κ3) is 4.26. The number of thiazole rings is 1. The highest BCUT2D eigenvalue weighted by Crippen LogP contribution is 2.23. The summed E-state index contributed by atoms with van der Waals surface area (Å²) in [6.07, 6.45) is 0.676. The lowest BCUT2D eigenvalue weighted by atomic mass is 10.3. The minimum absolute atomic E-state index is 0.0544. The Morgan fingerprint density at radius 2 is 2.14 bits per heavy atom. The van der Waals surface area contributed by atoms with Crippen LogP contribution < -0.4 is 5.32 Å². The molecule has 4 aromatic rings. The van der Waals surface area contributed by atoms with Gasteiger partial charge in [0, 0.05) is 24.0 Å². The van der Waals surface area contributed by atoms with E-state index in [0.717, 1.165) is 33.3 Å². The van der Waals surface area contributed by atoms with Crippen molar-refractivity contribution in [3.8, 4) is 5.13 Å². The van der Waals surface area contributed by atoms with Crippen LogP contribution in [0.1, 0.15) is 17.1 Å². The summed E-state index contributed by atoms with van der Waals surface area (Å²) < 4.78 is 7.45. The molecule has 0 unspecified atom stereocenters. The van der Waals surface area contributed by atoms with Crippen molar-refractivity contribution in [1.82, 2.24) is 25.1 Å². The molecule has 0 bridgehead atoms. The number of carbonyl (C=O) groups excluding carboxylic acids is 1. The van der Waals surface area contributed by atoms with Crippen molar-refractivity contribution >= 4 is 40.1 Å². The van der Waals surface area contributed by atoms with Gasteiger partial charge < -0.3 is 9.73 Å². The Morgan fingerprint density at radius 3 is 2.93 bits per heavy atom. The molecule has 4 rings (SSSR count). The first-order chi connectivity index (χ1) is 13.6. The number of benzene rings is 1. The molecule has 3 heterocycles. The van der Waals surface area contributed by atoms with Crippen LogP contribution in [-0.4, -0.2) is 38.0 Å². The van der Waals surface area contributed by atoms with Gasteiger partial charge in [0.05, 0.1) is 17.1 Å². The molecule has 0 aliphatic rings. The van der Waals surface area contributed by atoms with Crippen LogP contribution in [0.2, 0.25) is 0 Å². The zero-order valence-electron chi connectivity index (χ0n) is 15.5. The molecule has 0 fully saturated rings. The monoisotopic (exact) mass is 413 g/mol. The number of aromatic nitrogens is 4. The average molecular weight is 414 g/mol.